The van der Waals surface area contributed by atoms with E-state index in [1.807, 2.05) is 67.6 Å². The van der Waals surface area contributed by atoms with Crippen LogP contribution in [-0.4, -0.2) is 24.7 Å². The molecule has 0 saturated heterocycles. The van der Waals surface area contributed by atoms with Crippen molar-refractivity contribution in [2.45, 2.75) is 26.7 Å². The third-order valence-corrected chi connectivity index (χ3v) is 5.40. The zero-order valence-corrected chi connectivity index (χ0v) is 19.1. The van der Waals surface area contributed by atoms with E-state index in [0.717, 1.165) is 51.9 Å². The van der Waals surface area contributed by atoms with Crippen LogP contribution in [0.15, 0.2) is 71.2 Å². The van der Waals surface area contributed by atoms with E-state index in [9.17, 15) is 4.79 Å². The Labute approximate surface area is 193 Å². The van der Waals surface area contributed by atoms with E-state index in [1.54, 1.807) is 13.2 Å². The number of aryl methyl sites for hydroxylation is 1. The molecule has 4 aromatic rings. The Bertz CT molecular complexity index is 1290. The van der Waals surface area contributed by atoms with E-state index in [4.69, 9.17) is 18.9 Å². The maximum absolute atomic E-state index is 12.2. The van der Waals surface area contributed by atoms with Gasteiger partial charge in [-0.05, 0) is 65.9 Å². The van der Waals surface area contributed by atoms with Gasteiger partial charge < -0.3 is 13.9 Å². The van der Waals surface area contributed by atoms with Gasteiger partial charge in [0.1, 0.15) is 11.3 Å². The van der Waals surface area contributed by atoms with Gasteiger partial charge in [0.25, 0.3) is 0 Å². The predicted octanol–water partition coefficient (Wildman–Crippen LogP) is 6.84. The molecule has 0 N–H and O–H groups in total. The third-order valence-electron chi connectivity index (χ3n) is 5.40. The van der Waals surface area contributed by atoms with Crippen molar-refractivity contribution < 1.29 is 18.7 Å². The molecule has 0 aliphatic carbocycles. The molecule has 0 unspecified atom stereocenters. The Morgan fingerprint density at radius 1 is 1.09 bits per heavy atom. The Morgan fingerprint density at radius 2 is 1.91 bits per heavy atom. The van der Waals surface area contributed by atoms with Crippen molar-refractivity contribution in [3.8, 4) is 28.3 Å². The van der Waals surface area contributed by atoms with Gasteiger partial charge in [0, 0.05) is 6.08 Å². The van der Waals surface area contributed by atoms with Crippen LogP contribution in [0, 0.1) is 6.92 Å². The fourth-order valence-electron chi connectivity index (χ4n) is 3.63. The van der Waals surface area contributed by atoms with Gasteiger partial charge in [-0.3, -0.25) is 0 Å². The summed E-state index contributed by atoms with van der Waals surface area (Å²) in [5.41, 5.74) is 6.19. The predicted molar refractivity (Wildman–Crippen MR) is 131 cm³/mol. The smallest absolute Gasteiger partial charge is 0.330 e. The molecule has 0 aliphatic rings. The molecular weight excluding hydrogens is 414 g/mol. The summed E-state index contributed by atoms with van der Waals surface area (Å²) in [4.78, 5) is 17.0. The molecule has 33 heavy (non-hydrogen) atoms. The van der Waals surface area contributed by atoms with Crippen LogP contribution in [0.25, 0.3) is 39.8 Å². The van der Waals surface area contributed by atoms with Crippen LogP contribution in [0.4, 0.5) is 0 Å². The monoisotopic (exact) mass is 441 g/mol. The molecule has 0 fully saturated rings. The van der Waals surface area contributed by atoms with E-state index in [0.29, 0.717) is 18.1 Å². The van der Waals surface area contributed by atoms with Gasteiger partial charge in [0.05, 0.1) is 19.3 Å². The molecule has 0 bridgehead atoms. The van der Waals surface area contributed by atoms with E-state index in [1.165, 1.54) is 6.08 Å². The van der Waals surface area contributed by atoms with E-state index in [-0.39, 0.29) is 5.97 Å². The standard InChI is InChI=1S/C28H27NO4/c1-4-5-17-32-26(30)16-12-21-7-6-8-23(20-10-13-22(31-3)14-11-20)27(21)28-29-24-18-19(2)9-15-25(24)33-28/h6-16,18H,4-5,17H2,1-3H3/b16-12+. The molecule has 168 valence electrons. The molecule has 5 nitrogen and oxygen atoms in total. The normalized spacial score (nSPS) is 11.2. The van der Waals surface area contributed by atoms with E-state index in [2.05, 4.69) is 6.92 Å². The van der Waals surface area contributed by atoms with Gasteiger partial charge in [0.15, 0.2) is 5.58 Å². The summed E-state index contributed by atoms with van der Waals surface area (Å²) in [6, 6.07) is 19.7. The maximum atomic E-state index is 12.2. The van der Waals surface area contributed by atoms with Crippen molar-refractivity contribution >= 4 is 23.1 Å². The molecule has 0 spiro atoms. The van der Waals surface area contributed by atoms with Crippen LogP contribution in [0.1, 0.15) is 30.9 Å². The molecular formula is C28H27NO4. The second kappa shape index (κ2) is 10.2. The third kappa shape index (κ3) is 5.14. The van der Waals surface area contributed by atoms with Crippen molar-refractivity contribution in [2.24, 2.45) is 0 Å². The highest BCUT2D eigenvalue weighted by molar-refractivity contribution is 5.93. The van der Waals surface area contributed by atoms with Crippen LogP contribution in [0.3, 0.4) is 0 Å². The highest BCUT2D eigenvalue weighted by Crippen LogP contribution is 2.37. The Hall–Kier alpha value is -3.86. The lowest BCUT2D eigenvalue weighted by Crippen LogP contribution is -2.01. The number of esters is 1. The summed E-state index contributed by atoms with van der Waals surface area (Å²) in [5, 5.41) is 0. The number of carbonyl (C=O) groups excluding carboxylic acids is 1. The first-order valence-corrected chi connectivity index (χ1v) is 11.1. The number of hydrogen-bond donors (Lipinski definition) is 0. The van der Waals surface area contributed by atoms with Gasteiger partial charge in [-0.2, -0.15) is 0 Å². The fraction of sp³-hybridized carbons (Fsp3) is 0.214. The average molecular weight is 442 g/mol. The number of rotatable bonds is 8. The molecule has 1 heterocycles. The molecule has 1 aromatic heterocycles. The van der Waals surface area contributed by atoms with Crippen molar-refractivity contribution in [1.82, 2.24) is 4.98 Å². The van der Waals surface area contributed by atoms with Crippen LogP contribution >= 0.6 is 0 Å². The number of fused-ring (bicyclic) bond motifs is 1. The number of nitrogens with zero attached hydrogens (tertiary/aromatic N) is 1. The van der Waals surface area contributed by atoms with Gasteiger partial charge in [-0.25, -0.2) is 9.78 Å². The largest absolute Gasteiger partial charge is 0.497 e. The van der Waals surface area contributed by atoms with Crippen LogP contribution in [-0.2, 0) is 9.53 Å². The second-order valence-electron chi connectivity index (χ2n) is 7.84. The zero-order valence-electron chi connectivity index (χ0n) is 19.1. The first-order valence-electron chi connectivity index (χ1n) is 11.1. The molecule has 0 aliphatic heterocycles. The molecule has 0 radical (unpaired) electrons. The van der Waals surface area contributed by atoms with Crippen molar-refractivity contribution in [3.05, 3.63) is 77.9 Å². The number of hydrogen-bond acceptors (Lipinski definition) is 5. The molecule has 0 atom stereocenters. The quantitative estimate of drug-likeness (QED) is 0.170. The van der Waals surface area contributed by atoms with Crippen molar-refractivity contribution in [1.29, 1.82) is 0 Å². The topological polar surface area (TPSA) is 61.6 Å². The Morgan fingerprint density at radius 3 is 2.67 bits per heavy atom. The number of methoxy groups -OCH3 is 1. The van der Waals surface area contributed by atoms with Gasteiger partial charge in [-0.15, -0.1) is 0 Å². The Balaban J connectivity index is 1.81. The first-order chi connectivity index (χ1) is 16.1. The second-order valence-corrected chi connectivity index (χ2v) is 7.84. The summed E-state index contributed by atoms with van der Waals surface area (Å²) in [6.07, 6.45) is 5.04. The number of carbonyl (C=O) groups is 1. The Kier molecular flexibility index (Phi) is 6.89. The highest BCUT2D eigenvalue weighted by atomic mass is 16.5. The maximum Gasteiger partial charge on any atom is 0.330 e. The number of benzene rings is 3. The number of oxazole rings is 1. The summed E-state index contributed by atoms with van der Waals surface area (Å²) < 4.78 is 16.7. The summed E-state index contributed by atoms with van der Waals surface area (Å²) in [5.74, 6) is 0.918. The van der Waals surface area contributed by atoms with Crippen molar-refractivity contribution in [2.75, 3.05) is 13.7 Å². The van der Waals surface area contributed by atoms with Crippen LogP contribution in [0.2, 0.25) is 0 Å². The van der Waals surface area contributed by atoms with E-state index < -0.39 is 0 Å². The minimum absolute atomic E-state index is 0.363. The van der Waals surface area contributed by atoms with Crippen LogP contribution < -0.4 is 4.74 Å². The summed E-state index contributed by atoms with van der Waals surface area (Å²) >= 11 is 0. The highest BCUT2D eigenvalue weighted by Gasteiger charge is 2.17. The molecule has 4 rings (SSSR count). The molecule has 0 saturated carbocycles. The fourth-order valence-corrected chi connectivity index (χ4v) is 3.63. The van der Waals surface area contributed by atoms with Crippen LogP contribution in [0.5, 0.6) is 5.75 Å². The molecule has 0 amide bonds. The van der Waals surface area contributed by atoms with E-state index >= 15 is 0 Å². The summed E-state index contributed by atoms with van der Waals surface area (Å²) in [7, 11) is 1.64. The first kappa shape index (κ1) is 22.3. The minimum atomic E-state index is -0.363. The summed E-state index contributed by atoms with van der Waals surface area (Å²) in [6.45, 7) is 4.50. The lowest BCUT2D eigenvalue weighted by atomic mass is 9.95. The van der Waals surface area contributed by atoms with Gasteiger partial charge in [-0.1, -0.05) is 49.7 Å². The van der Waals surface area contributed by atoms with Gasteiger partial charge >= 0.3 is 5.97 Å². The SMILES string of the molecule is CCCCOC(=O)/C=C/c1cccc(-c2ccc(OC)cc2)c1-c1nc2cc(C)ccc2o1. The lowest BCUT2D eigenvalue weighted by molar-refractivity contribution is -0.137. The molecule has 5 heteroatoms. The minimum Gasteiger partial charge on any atom is -0.497 e. The number of ether oxygens (including phenoxy) is 2. The van der Waals surface area contributed by atoms with Crippen molar-refractivity contribution in [3.63, 3.8) is 0 Å². The number of aromatic nitrogens is 1. The molecule has 3 aromatic carbocycles. The van der Waals surface area contributed by atoms with Gasteiger partial charge in [0.2, 0.25) is 5.89 Å². The number of unbranched alkanes of at least 4 members (excludes halogenated alkanes) is 1. The lowest BCUT2D eigenvalue weighted by Gasteiger charge is -2.11. The zero-order chi connectivity index (χ0) is 23.2. The average Bonchev–Trinajstić information content (AvgIpc) is 3.25.